The normalized spacial score (nSPS) is 29.7. The van der Waals surface area contributed by atoms with Gasteiger partial charge in [-0.1, -0.05) is 0 Å². The van der Waals surface area contributed by atoms with E-state index in [1.165, 1.54) is 12.1 Å². The number of hydrogen-bond acceptors (Lipinski definition) is 9. The number of ether oxygens (including phenoxy) is 2. The van der Waals surface area contributed by atoms with Gasteiger partial charge in [-0.25, -0.2) is 4.57 Å². The molecular weight excluding hydrogens is 377 g/mol. The van der Waals surface area contributed by atoms with Gasteiger partial charge in [0.25, 0.3) is 0 Å². The average molecular weight is 393 g/mol. The molecular formula is C13H16NO9PS. The van der Waals surface area contributed by atoms with E-state index >= 15 is 0 Å². The summed E-state index contributed by atoms with van der Waals surface area (Å²) in [5.74, 6) is 0.255. The lowest BCUT2D eigenvalue weighted by atomic mass is 9.99. The Morgan fingerprint density at radius 3 is 2.36 bits per heavy atom. The predicted molar refractivity (Wildman–Crippen MR) is 86.4 cm³/mol. The summed E-state index contributed by atoms with van der Waals surface area (Å²) in [5.41, 5.74) is 0.524. The molecule has 1 saturated heterocycles. The second-order valence-corrected chi connectivity index (χ2v) is 6.54. The van der Waals surface area contributed by atoms with Crippen molar-refractivity contribution in [1.82, 2.24) is 0 Å². The number of isothiocyanates is 1. The molecule has 0 spiro atoms. The molecule has 25 heavy (non-hydrogen) atoms. The predicted octanol–water partition coefficient (Wildman–Crippen LogP) is -0.283. The highest BCUT2D eigenvalue weighted by atomic mass is 32.1. The zero-order chi connectivity index (χ0) is 18.6. The number of aliphatic imine (C=N–C) groups is 1. The monoisotopic (exact) mass is 393 g/mol. The van der Waals surface area contributed by atoms with Gasteiger partial charge in [-0.2, -0.15) is 4.99 Å². The van der Waals surface area contributed by atoms with Gasteiger partial charge in [-0.15, -0.1) is 0 Å². The SMILES string of the molecule is O=P(O)(O)OC[C@H]1O[C@H](Oc2ccc(N=C=S)cc2)[C@@H](O)[C@@H](O)[C@@H]1O. The Morgan fingerprint density at radius 2 is 1.80 bits per heavy atom. The van der Waals surface area contributed by atoms with E-state index in [0.717, 1.165) is 0 Å². The molecule has 1 fully saturated rings. The smallest absolute Gasteiger partial charge is 0.462 e. The maximum absolute atomic E-state index is 10.8. The molecule has 1 heterocycles. The molecule has 1 aromatic rings. The van der Waals surface area contributed by atoms with Crippen LogP contribution >= 0.6 is 20.0 Å². The van der Waals surface area contributed by atoms with E-state index in [9.17, 15) is 19.9 Å². The Labute approximate surface area is 147 Å². The minimum absolute atomic E-state index is 0.255. The first-order chi connectivity index (χ1) is 11.7. The van der Waals surface area contributed by atoms with Gasteiger partial charge in [-0.05, 0) is 36.5 Å². The number of aliphatic hydroxyl groups is 3. The lowest BCUT2D eigenvalue weighted by Gasteiger charge is -2.40. The molecule has 1 aliphatic rings. The van der Waals surface area contributed by atoms with Gasteiger partial charge in [0.2, 0.25) is 6.29 Å². The number of aliphatic hydroxyl groups excluding tert-OH is 3. The summed E-state index contributed by atoms with van der Waals surface area (Å²) in [6, 6.07) is 6.12. The Bertz CT molecular complexity index is 675. The summed E-state index contributed by atoms with van der Waals surface area (Å²) in [7, 11) is -4.79. The fraction of sp³-hybridized carbons (Fsp3) is 0.462. The van der Waals surface area contributed by atoms with E-state index in [1.807, 2.05) is 0 Å². The molecule has 12 heteroatoms. The van der Waals surface area contributed by atoms with Crippen LogP contribution in [0.4, 0.5) is 5.69 Å². The first kappa shape index (κ1) is 20.1. The molecule has 1 aliphatic heterocycles. The van der Waals surface area contributed by atoms with Crippen LogP contribution in [0.1, 0.15) is 0 Å². The van der Waals surface area contributed by atoms with Crippen molar-refractivity contribution in [3.05, 3.63) is 24.3 Å². The minimum Gasteiger partial charge on any atom is -0.462 e. The molecule has 2 rings (SSSR count). The largest absolute Gasteiger partial charge is 0.469 e. The molecule has 0 aliphatic carbocycles. The van der Waals surface area contributed by atoms with E-state index in [-0.39, 0.29) is 5.75 Å². The van der Waals surface area contributed by atoms with Gasteiger partial charge < -0.3 is 34.6 Å². The van der Waals surface area contributed by atoms with Gasteiger partial charge in [0.15, 0.2) is 0 Å². The third-order valence-corrected chi connectivity index (χ3v) is 3.92. The van der Waals surface area contributed by atoms with Gasteiger partial charge in [-0.3, -0.25) is 4.52 Å². The molecule has 0 radical (unpaired) electrons. The highest BCUT2D eigenvalue weighted by molar-refractivity contribution is 7.78. The molecule has 0 bridgehead atoms. The van der Waals surface area contributed by atoms with Crippen molar-refractivity contribution < 1.29 is 43.7 Å². The third-order valence-electron chi connectivity index (χ3n) is 3.34. The van der Waals surface area contributed by atoms with E-state index < -0.39 is 45.1 Å². The number of phosphoric acid groups is 1. The van der Waals surface area contributed by atoms with Crippen molar-refractivity contribution in [3.8, 4) is 5.75 Å². The van der Waals surface area contributed by atoms with Gasteiger partial charge in [0, 0.05) is 0 Å². The van der Waals surface area contributed by atoms with Crippen LogP contribution in [0.3, 0.4) is 0 Å². The summed E-state index contributed by atoms with van der Waals surface area (Å²) < 4.78 is 25.7. The third kappa shape index (κ3) is 5.63. The van der Waals surface area contributed by atoms with Crippen molar-refractivity contribution in [3.63, 3.8) is 0 Å². The highest BCUT2D eigenvalue weighted by Gasteiger charge is 2.45. The van der Waals surface area contributed by atoms with Crippen LogP contribution in [0.25, 0.3) is 0 Å². The standard InChI is InChI=1S/C13H16NO9PS/c15-10-9(5-21-24(18,19)20)23-13(12(17)11(10)16)22-8-3-1-7(2-4-8)14-6-25/h1-4,9-13,15-17H,5H2,(H2,18,19,20)/t9-,10-,11+,12+,13+/m1/s1. The van der Waals surface area contributed by atoms with Crippen LogP contribution in [0.2, 0.25) is 0 Å². The Balaban J connectivity index is 2.07. The van der Waals surface area contributed by atoms with Crippen LogP contribution in [-0.2, 0) is 13.8 Å². The van der Waals surface area contributed by atoms with Crippen molar-refractivity contribution in [2.24, 2.45) is 4.99 Å². The maximum Gasteiger partial charge on any atom is 0.469 e. The van der Waals surface area contributed by atoms with Gasteiger partial charge in [0.1, 0.15) is 30.2 Å². The number of nitrogens with zero attached hydrogens (tertiary/aromatic N) is 1. The quantitative estimate of drug-likeness (QED) is 0.247. The first-order valence-corrected chi connectivity index (χ1v) is 8.89. The van der Waals surface area contributed by atoms with Crippen molar-refractivity contribution in [2.45, 2.75) is 30.7 Å². The number of rotatable bonds is 6. The second kappa shape index (κ2) is 8.43. The van der Waals surface area contributed by atoms with Crippen LogP contribution in [0.5, 0.6) is 5.75 Å². The fourth-order valence-corrected chi connectivity index (χ4v) is 2.55. The molecule has 5 N–H and O–H groups in total. The molecule has 5 atom stereocenters. The Morgan fingerprint density at radius 1 is 1.16 bits per heavy atom. The van der Waals surface area contributed by atoms with Crippen molar-refractivity contribution in [2.75, 3.05) is 6.61 Å². The highest BCUT2D eigenvalue weighted by Crippen LogP contribution is 2.37. The molecule has 0 unspecified atom stereocenters. The Hall–Kier alpha value is -1.23. The maximum atomic E-state index is 10.8. The molecule has 10 nitrogen and oxygen atoms in total. The van der Waals surface area contributed by atoms with E-state index in [0.29, 0.717) is 5.69 Å². The number of hydrogen-bond donors (Lipinski definition) is 5. The topological polar surface area (TPSA) is 158 Å². The first-order valence-electron chi connectivity index (χ1n) is 6.95. The number of phosphoric ester groups is 1. The van der Waals surface area contributed by atoms with Crippen molar-refractivity contribution in [1.29, 1.82) is 0 Å². The summed E-state index contributed by atoms with van der Waals surface area (Å²) in [4.78, 5) is 21.2. The minimum atomic E-state index is -4.79. The molecule has 0 amide bonds. The van der Waals surface area contributed by atoms with Gasteiger partial charge >= 0.3 is 7.82 Å². The zero-order valence-electron chi connectivity index (χ0n) is 12.6. The van der Waals surface area contributed by atoms with E-state index in [4.69, 9.17) is 19.3 Å². The average Bonchev–Trinajstić information content (AvgIpc) is 2.55. The van der Waals surface area contributed by atoms with Gasteiger partial charge in [0.05, 0.1) is 17.5 Å². The van der Waals surface area contributed by atoms with E-state index in [2.05, 4.69) is 26.9 Å². The zero-order valence-corrected chi connectivity index (χ0v) is 14.3. The summed E-state index contributed by atoms with van der Waals surface area (Å²) in [6.07, 6.45) is -7.61. The van der Waals surface area contributed by atoms with Crippen molar-refractivity contribution >= 4 is 30.9 Å². The lowest BCUT2D eigenvalue weighted by molar-refractivity contribution is -0.276. The summed E-state index contributed by atoms with van der Waals surface area (Å²) >= 11 is 4.48. The van der Waals surface area contributed by atoms with Crippen LogP contribution < -0.4 is 4.74 Å². The Kier molecular flexibility index (Phi) is 6.78. The van der Waals surface area contributed by atoms with Crippen LogP contribution in [0, 0.1) is 0 Å². The number of benzene rings is 1. The van der Waals surface area contributed by atoms with E-state index in [1.54, 1.807) is 12.1 Å². The van der Waals surface area contributed by atoms with Crippen LogP contribution in [0.15, 0.2) is 29.3 Å². The fourth-order valence-electron chi connectivity index (χ4n) is 2.11. The van der Waals surface area contributed by atoms with Crippen LogP contribution in [-0.4, -0.2) is 67.6 Å². The lowest BCUT2D eigenvalue weighted by Crippen LogP contribution is -2.60. The second-order valence-electron chi connectivity index (χ2n) is 5.12. The molecule has 1 aromatic carbocycles. The number of thiocarbonyl (C=S) groups is 1. The molecule has 138 valence electrons. The molecule has 0 aromatic heterocycles. The summed E-state index contributed by atoms with van der Waals surface area (Å²) in [6.45, 7) is -0.711. The summed E-state index contributed by atoms with van der Waals surface area (Å²) in [5, 5.41) is 31.9. The molecule has 0 saturated carbocycles.